The molecule has 25 heavy (non-hydrogen) atoms. The summed E-state index contributed by atoms with van der Waals surface area (Å²) < 4.78 is 5.44. The van der Waals surface area contributed by atoms with Crippen molar-refractivity contribution in [3.05, 3.63) is 34.1 Å². The molecule has 1 atom stereocenters. The molecule has 2 aliphatic heterocycles. The zero-order chi connectivity index (χ0) is 17.4. The van der Waals surface area contributed by atoms with Gasteiger partial charge in [0.05, 0.1) is 6.04 Å². The highest BCUT2D eigenvalue weighted by Gasteiger charge is 2.46. The number of hydrogen-bond acceptors (Lipinski definition) is 6. The van der Waals surface area contributed by atoms with E-state index in [9.17, 15) is 0 Å². The molecule has 6 heteroatoms. The Kier molecular flexibility index (Phi) is 4.69. The number of hydrogen-bond donors (Lipinski definition) is 0. The average Bonchev–Trinajstić information content (AvgIpc) is 3.31. The van der Waals surface area contributed by atoms with Crippen molar-refractivity contribution in [3.63, 3.8) is 0 Å². The van der Waals surface area contributed by atoms with Crippen LogP contribution in [0.3, 0.4) is 0 Å². The quantitative estimate of drug-likeness (QED) is 0.827. The van der Waals surface area contributed by atoms with Gasteiger partial charge in [0.1, 0.15) is 0 Å². The van der Waals surface area contributed by atoms with Crippen LogP contribution in [0.5, 0.6) is 0 Å². The van der Waals surface area contributed by atoms with E-state index < -0.39 is 0 Å². The molecular weight excluding hydrogens is 332 g/mol. The Labute approximate surface area is 154 Å². The highest BCUT2D eigenvalue weighted by molar-refractivity contribution is 7.09. The second-order valence-corrected chi connectivity index (χ2v) is 9.17. The lowest BCUT2D eigenvalue weighted by Crippen LogP contribution is -2.40. The zero-order valence-corrected chi connectivity index (χ0v) is 16.3. The molecular formula is C19H28N4OS. The first kappa shape index (κ1) is 17.2. The van der Waals surface area contributed by atoms with Crippen LogP contribution in [0.2, 0.25) is 0 Å². The standard InChI is InChI=1S/C19H28N4OS/c1-14(2)18-20-17(21-24-18)16-11-19(13-22(16)3)6-8-23(9-7-19)12-15-5-4-10-25-15/h4-5,10,14,16H,6-9,11-13H2,1-3H3. The van der Waals surface area contributed by atoms with Gasteiger partial charge in [0.25, 0.3) is 0 Å². The van der Waals surface area contributed by atoms with Crippen molar-refractivity contribution in [3.8, 4) is 0 Å². The molecule has 0 amide bonds. The first-order valence-corrected chi connectivity index (χ1v) is 10.2. The summed E-state index contributed by atoms with van der Waals surface area (Å²) >= 11 is 1.87. The van der Waals surface area contributed by atoms with E-state index in [1.54, 1.807) is 0 Å². The van der Waals surface area contributed by atoms with Gasteiger partial charge in [0.15, 0.2) is 5.82 Å². The summed E-state index contributed by atoms with van der Waals surface area (Å²) in [6, 6.07) is 4.70. The predicted molar refractivity (Wildman–Crippen MR) is 99.6 cm³/mol. The lowest BCUT2D eigenvalue weighted by Gasteiger charge is -2.39. The molecule has 2 aromatic rings. The van der Waals surface area contributed by atoms with Crippen molar-refractivity contribution in [2.24, 2.45) is 5.41 Å². The third-order valence-electron chi connectivity index (χ3n) is 5.87. The summed E-state index contributed by atoms with van der Waals surface area (Å²) in [5.41, 5.74) is 0.421. The van der Waals surface area contributed by atoms with Crippen molar-refractivity contribution in [2.75, 3.05) is 26.7 Å². The second kappa shape index (κ2) is 6.82. The van der Waals surface area contributed by atoms with Gasteiger partial charge in [-0.3, -0.25) is 9.80 Å². The van der Waals surface area contributed by atoms with E-state index in [1.807, 2.05) is 11.3 Å². The maximum absolute atomic E-state index is 5.44. The Balaban J connectivity index is 1.39. The largest absolute Gasteiger partial charge is 0.339 e. The maximum Gasteiger partial charge on any atom is 0.229 e. The second-order valence-electron chi connectivity index (χ2n) is 8.14. The summed E-state index contributed by atoms with van der Waals surface area (Å²) in [4.78, 5) is 11.2. The number of likely N-dealkylation sites (tertiary alicyclic amines) is 2. The SMILES string of the molecule is CC(C)c1nc(C2CC3(CCN(Cc4cccs4)CC3)CN2C)no1. The van der Waals surface area contributed by atoms with Crippen molar-refractivity contribution in [1.82, 2.24) is 19.9 Å². The molecule has 2 saturated heterocycles. The van der Waals surface area contributed by atoms with E-state index in [2.05, 4.69) is 58.3 Å². The molecule has 0 saturated carbocycles. The van der Waals surface area contributed by atoms with E-state index in [-0.39, 0.29) is 0 Å². The minimum absolute atomic E-state index is 0.294. The van der Waals surface area contributed by atoms with Gasteiger partial charge in [-0.05, 0) is 56.3 Å². The van der Waals surface area contributed by atoms with Crippen LogP contribution < -0.4 is 0 Å². The topological polar surface area (TPSA) is 45.4 Å². The van der Waals surface area contributed by atoms with Crippen LogP contribution in [-0.4, -0.2) is 46.6 Å². The molecule has 0 aromatic carbocycles. The van der Waals surface area contributed by atoms with E-state index in [0.29, 0.717) is 17.4 Å². The van der Waals surface area contributed by atoms with Crippen LogP contribution in [0.25, 0.3) is 0 Å². The van der Waals surface area contributed by atoms with Crippen LogP contribution >= 0.6 is 11.3 Å². The lowest BCUT2D eigenvalue weighted by molar-refractivity contribution is 0.106. The fourth-order valence-corrected chi connectivity index (χ4v) is 5.09. The molecule has 1 spiro atoms. The van der Waals surface area contributed by atoms with Crippen molar-refractivity contribution >= 4 is 11.3 Å². The molecule has 2 aliphatic rings. The Morgan fingerprint density at radius 1 is 1.36 bits per heavy atom. The van der Waals surface area contributed by atoms with Crippen molar-refractivity contribution in [1.29, 1.82) is 0 Å². The minimum Gasteiger partial charge on any atom is -0.339 e. The summed E-state index contributed by atoms with van der Waals surface area (Å²) in [6.07, 6.45) is 3.70. The average molecular weight is 361 g/mol. The molecule has 1 unspecified atom stereocenters. The molecule has 4 heterocycles. The Hall–Kier alpha value is -1.24. The van der Waals surface area contributed by atoms with Gasteiger partial charge in [-0.15, -0.1) is 11.3 Å². The summed E-state index contributed by atoms with van der Waals surface area (Å²) in [5.74, 6) is 1.93. The Morgan fingerprint density at radius 3 is 2.80 bits per heavy atom. The van der Waals surface area contributed by atoms with E-state index >= 15 is 0 Å². The van der Waals surface area contributed by atoms with E-state index in [1.165, 1.54) is 30.8 Å². The molecule has 2 aromatic heterocycles. The van der Waals surface area contributed by atoms with Crippen LogP contribution in [-0.2, 0) is 6.54 Å². The van der Waals surface area contributed by atoms with E-state index in [0.717, 1.165) is 31.2 Å². The van der Waals surface area contributed by atoms with Crippen LogP contribution in [0, 0.1) is 5.41 Å². The molecule has 0 N–H and O–H groups in total. The third-order valence-corrected chi connectivity index (χ3v) is 6.73. The molecule has 0 aliphatic carbocycles. The van der Waals surface area contributed by atoms with Crippen molar-refractivity contribution in [2.45, 2.75) is 51.6 Å². The minimum atomic E-state index is 0.294. The first-order chi connectivity index (χ1) is 12.0. The van der Waals surface area contributed by atoms with Gasteiger partial charge in [0.2, 0.25) is 5.89 Å². The van der Waals surface area contributed by atoms with Gasteiger partial charge in [-0.25, -0.2) is 0 Å². The van der Waals surface area contributed by atoms with Gasteiger partial charge < -0.3 is 4.52 Å². The third kappa shape index (κ3) is 3.52. The highest BCUT2D eigenvalue weighted by Crippen LogP contribution is 2.47. The van der Waals surface area contributed by atoms with Gasteiger partial charge in [0, 0.05) is 23.9 Å². The molecule has 0 radical (unpaired) electrons. The molecule has 5 nitrogen and oxygen atoms in total. The summed E-state index contributed by atoms with van der Waals surface area (Å²) in [7, 11) is 2.21. The number of nitrogens with zero attached hydrogens (tertiary/aromatic N) is 4. The zero-order valence-electron chi connectivity index (χ0n) is 15.4. The van der Waals surface area contributed by atoms with Crippen LogP contribution in [0.4, 0.5) is 0 Å². The van der Waals surface area contributed by atoms with Crippen LogP contribution in [0.1, 0.15) is 61.7 Å². The Bertz CT molecular complexity index is 688. The number of piperidine rings is 1. The smallest absolute Gasteiger partial charge is 0.229 e. The van der Waals surface area contributed by atoms with Gasteiger partial charge in [-0.1, -0.05) is 25.1 Å². The maximum atomic E-state index is 5.44. The lowest BCUT2D eigenvalue weighted by atomic mass is 9.76. The predicted octanol–water partition coefficient (Wildman–Crippen LogP) is 3.91. The number of aromatic nitrogens is 2. The molecule has 4 rings (SSSR count). The molecule has 136 valence electrons. The number of thiophene rings is 1. The normalized spacial score (nSPS) is 24.6. The van der Waals surface area contributed by atoms with Crippen molar-refractivity contribution < 1.29 is 4.52 Å². The van der Waals surface area contributed by atoms with E-state index in [4.69, 9.17) is 4.52 Å². The summed E-state index contributed by atoms with van der Waals surface area (Å²) in [5, 5.41) is 6.45. The monoisotopic (exact) mass is 360 g/mol. The van der Waals surface area contributed by atoms with Gasteiger partial charge in [-0.2, -0.15) is 4.98 Å². The molecule has 2 fully saturated rings. The fraction of sp³-hybridized carbons (Fsp3) is 0.684. The van der Waals surface area contributed by atoms with Crippen LogP contribution in [0.15, 0.2) is 22.0 Å². The number of rotatable bonds is 4. The highest BCUT2D eigenvalue weighted by atomic mass is 32.1. The fourth-order valence-electron chi connectivity index (χ4n) is 4.35. The molecule has 0 bridgehead atoms. The van der Waals surface area contributed by atoms with Gasteiger partial charge >= 0.3 is 0 Å². The first-order valence-electron chi connectivity index (χ1n) is 9.33. The Morgan fingerprint density at radius 2 is 2.16 bits per heavy atom. The summed E-state index contributed by atoms with van der Waals surface area (Å²) in [6.45, 7) is 8.84.